The predicted molar refractivity (Wildman–Crippen MR) is 67.3 cm³/mol. The van der Waals surface area contributed by atoms with Gasteiger partial charge in [0.1, 0.15) is 5.82 Å². The maximum absolute atomic E-state index is 12.9. The zero-order valence-electron chi connectivity index (χ0n) is 10.3. The second kappa shape index (κ2) is 5.06. The molecule has 0 saturated carbocycles. The Kier molecular flexibility index (Phi) is 3.66. The number of alkyl halides is 1. The van der Waals surface area contributed by atoms with E-state index in [2.05, 4.69) is 10.1 Å². The van der Waals surface area contributed by atoms with Crippen LogP contribution in [-0.4, -0.2) is 16.0 Å². The molecule has 0 bridgehead atoms. The highest BCUT2D eigenvalue weighted by Crippen LogP contribution is 2.29. The van der Waals surface area contributed by atoms with Crippen LogP contribution >= 0.6 is 11.6 Å². The van der Waals surface area contributed by atoms with Crippen molar-refractivity contribution >= 4 is 11.6 Å². The molecular formula is C13H14ClFN2O. The third-order valence-corrected chi connectivity index (χ3v) is 3.09. The SMILES string of the molecule is CC(C)(c1ccc(F)cc1)c1noc(CCCl)n1. The summed E-state index contributed by atoms with van der Waals surface area (Å²) in [7, 11) is 0. The summed E-state index contributed by atoms with van der Waals surface area (Å²) in [4.78, 5) is 4.31. The Labute approximate surface area is 110 Å². The van der Waals surface area contributed by atoms with E-state index >= 15 is 0 Å². The third kappa shape index (κ3) is 2.53. The van der Waals surface area contributed by atoms with Crippen LogP contribution in [0.4, 0.5) is 4.39 Å². The molecule has 1 aromatic heterocycles. The van der Waals surface area contributed by atoms with E-state index in [1.807, 2.05) is 13.8 Å². The number of aryl methyl sites for hydroxylation is 1. The van der Waals surface area contributed by atoms with Crippen LogP contribution in [0.15, 0.2) is 28.8 Å². The van der Waals surface area contributed by atoms with Crippen LogP contribution < -0.4 is 0 Å². The van der Waals surface area contributed by atoms with E-state index in [-0.39, 0.29) is 5.82 Å². The monoisotopic (exact) mass is 268 g/mol. The molecule has 0 aliphatic carbocycles. The van der Waals surface area contributed by atoms with Gasteiger partial charge in [0.05, 0.1) is 5.41 Å². The molecule has 2 rings (SSSR count). The van der Waals surface area contributed by atoms with Gasteiger partial charge in [0.15, 0.2) is 5.82 Å². The minimum absolute atomic E-state index is 0.259. The summed E-state index contributed by atoms with van der Waals surface area (Å²) in [6.45, 7) is 3.94. The van der Waals surface area contributed by atoms with Crippen molar-refractivity contribution in [2.24, 2.45) is 0 Å². The van der Waals surface area contributed by atoms with Gasteiger partial charge in [-0.2, -0.15) is 4.98 Å². The van der Waals surface area contributed by atoms with E-state index in [1.54, 1.807) is 12.1 Å². The van der Waals surface area contributed by atoms with Gasteiger partial charge >= 0.3 is 0 Å². The number of aromatic nitrogens is 2. The highest BCUT2D eigenvalue weighted by Gasteiger charge is 2.28. The molecule has 0 atom stereocenters. The van der Waals surface area contributed by atoms with Crippen LogP contribution in [0.3, 0.4) is 0 Å². The van der Waals surface area contributed by atoms with Crippen LogP contribution in [0.1, 0.15) is 31.1 Å². The first-order valence-electron chi connectivity index (χ1n) is 5.69. The van der Waals surface area contributed by atoms with Gasteiger partial charge in [-0.15, -0.1) is 11.6 Å². The minimum Gasteiger partial charge on any atom is -0.339 e. The van der Waals surface area contributed by atoms with Crippen molar-refractivity contribution in [3.8, 4) is 0 Å². The van der Waals surface area contributed by atoms with Gasteiger partial charge in [-0.05, 0) is 31.5 Å². The molecule has 96 valence electrons. The van der Waals surface area contributed by atoms with Gasteiger partial charge in [0.25, 0.3) is 0 Å². The summed E-state index contributed by atoms with van der Waals surface area (Å²) in [5, 5.41) is 3.97. The maximum atomic E-state index is 12.9. The molecule has 1 heterocycles. The summed E-state index contributed by atoms with van der Waals surface area (Å²) in [5.74, 6) is 1.29. The first kappa shape index (κ1) is 13.0. The number of halogens is 2. The van der Waals surface area contributed by atoms with Gasteiger partial charge < -0.3 is 4.52 Å². The predicted octanol–water partition coefficient (Wildman–Crippen LogP) is 3.32. The molecule has 0 aliphatic rings. The van der Waals surface area contributed by atoms with E-state index in [0.29, 0.717) is 24.0 Å². The largest absolute Gasteiger partial charge is 0.339 e. The van der Waals surface area contributed by atoms with Crippen LogP contribution in [0.5, 0.6) is 0 Å². The molecule has 0 radical (unpaired) electrons. The van der Waals surface area contributed by atoms with Gasteiger partial charge in [-0.1, -0.05) is 17.3 Å². The lowest BCUT2D eigenvalue weighted by molar-refractivity contribution is 0.369. The number of hydrogen-bond donors (Lipinski definition) is 0. The third-order valence-electron chi connectivity index (χ3n) is 2.90. The highest BCUT2D eigenvalue weighted by atomic mass is 35.5. The van der Waals surface area contributed by atoms with E-state index < -0.39 is 5.41 Å². The van der Waals surface area contributed by atoms with Crippen LogP contribution in [-0.2, 0) is 11.8 Å². The second-order valence-corrected chi connectivity index (χ2v) is 4.96. The van der Waals surface area contributed by atoms with Crippen molar-refractivity contribution in [1.82, 2.24) is 10.1 Å². The fourth-order valence-electron chi connectivity index (χ4n) is 1.69. The molecular weight excluding hydrogens is 255 g/mol. The van der Waals surface area contributed by atoms with Crippen molar-refractivity contribution in [3.05, 3.63) is 47.4 Å². The fourth-order valence-corrected chi connectivity index (χ4v) is 1.85. The van der Waals surface area contributed by atoms with Gasteiger partial charge in [0, 0.05) is 12.3 Å². The van der Waals surface area contributed by atoms with E-state index in [1.165, 1.54) is 12.1 Å². The van der Waals surface area contributed by atoms with Crippen molar-refractivity contribution in [3.63, 3.8) is 0 Å². The normalized spacial score (nSPS) is 11.8. The summed E-state index contributed by atoms with van der Waals surface area (Å²) in [6, 6.07) is 6.31. The molecule has 18 heavy (non-hydrogen) atoms. The number of nitrogens with zero attached hydrogens (tertiary/aromatic N) is 2. The fraction of sp³-hybridized carbons (Fsp3) is 0.385. The molecule has 0 aliphatic heterocycles. The van der Waals surface area contributed by atoms with Crippen LogP contribution in [0.2, 0.25) is 0 Å². The lowest BCUT2D eigenvalue weighted by Crippen LogP contribution is -2.20. The second-order valence-electron chi connectivity index (χ2n) is 4.58. The highest BCUT2D eigenvalue weighted by molar-refractivity contribution is 6.17. The first-order valence-corrected chi connectivity index (χ1v) is 6.22. The van der Waals surface area contributed by atoms with E-state index in [0.717, 1.165) is 5.56 Å². The van der Waals surface area contributed by atoms with Crippen molar-refractivity contribution in [1.29, 1.82) is 0 Å². The Balaban J connectivity index is 2.31. The molecule has 2 aromatic rings. The molecule has 0 amide bonds. The van der Waals surface area contributed by atoms with Gasteiger partial charge in [0.2, 0.25) is 5.89 Å². The van der Waals surface area contributed by atoms with Crippen LogP contribution in [0, 0.1) is 5.82 Å². The Morgan fingerprint density at radius 1 is 1.28 bits per heavy atom. The lowest BCUT2D eigenvalue weighted by atomic mass is 9.84. The van der Waals surface area contributed by atoms with E-state index in [9.17, 15) is 4.39 Å². The summed E-state index contributed by atoms with van der Waals surface area (Å²) in [5.41, 5.74) is 0.504. The zero-order chi connectivity index (χ0) is 13.2. The Morgan fingerprint density at radius 2 is 1.94 bits per heavy atom. The van der Waals surface area contributed by atoms with Crippen molar-refractivity contribution in [2.45, 2.75) is 25.7 Å². The summed E-state index contributed by atoms with van der Waals surface area (Å²) in [6.07, 6.45) is 0.550. The molecule has 0 saturated heterocycles. The smallest absolute Gasteiger partial charge is 0.227 e. The van der Waals surface area contributed by atoms with Crippen molar-refractivity contribution < 1.29 is 8.91 Å². The topological polar surface area (TPSA) is 38.9 Å². The molecule has 0 unspecified atom stereocenters. The van der Waals surface area contributed by atoms with Crippen molar-refractivity contribution in [2.75, 3.05) is 5.88 Å². The Morgan fingerprint density at radius 3 is 2.56 bits per heavy atom. The Hall–Kier alpha value is -1.42. The number of rotatable bonds is 4. The molecule has 5 heteroatoms. The Bertz CT molecular complexity index is 522. The molecule has 0 N–H and O–H groups in total. The average molecular weight is 269 g/mol. The van der Waals surface area contributed by atoms with Gasteiger partial charge in [-0.3, -0.25) is 0 Å². The van der Waals surface area contributed by atoms with Gasteiger partial charge in [-0.25, -0.2) is 4.39 Å². The first-order chi connectivity index (χ1) is 8.54. The molecule has 3 nitrogen and oxygen atoms in total. The molecule has 1 aromatic carbocycles. The van der Waals surface area contributed by atoms with Crippen LogP contribution in [0.25, 0.3) is 0 Å². The summed E-state index contributed by atoms with van der Waals surface area (Å²) < 4.78 is 18.0. The quantitative estimate of drug-likeness (QED) is 0.799. The molecule has 0 spiro atoms. The average Bonchev–Trinajstić information content (AvgIpc) is 2.79. The number of benzene rings is 1. The minimum atomic E-state index is -0.429. The molecule has 0 fully saturated rings. The number of hydrogen-bond acceptors (Lipinski definition) is 3. The van der Waals surface area contributed by atoms with E-state index in [4.69, 9.17) is 16.1 Å². The summed E-state index contributed by atoms with van der Waals surface area (Å²) >= 11 is 5.62. The lowest BCUT2D eigenvalue weighted by Gasteiger charge is -2.20. The maximum Gasteiger partial charge on any atom is 0.227 e. The standard InChI is InChI=1S/C13H14ClFN2O/c1-13(2,9-3-5-10(15)6-4-9)12-16-11(7-8-14)18-17-12/h3-6H,7-8H2,1-2H3. The zero-order valence-corrected chi connectivity index (χ0v) is 11.0.